The first-order valence-electron chi connectivity index (χ1n) is 9.87. The number of benzene rings is 3. The Morgan fingerprint density at radius 3 is 2.17 bits per heavy atom. The number of thiazole rings is 1. The average molecular weight is 392 g/mol. The van der Waals surface area contributed by atoms with Crippen molar-refractivity contribution in [3.05, 3.63) is 83.4 Å². The molecule has 29 heavy (non-hydrogen) atoms. The Balaban J connectivity index is 1.55. The highest BCUT2D eigenvalue weighted by Gasteiger charge is 2.27. The maximum atomic E-state index is 6.15. The Morgan fingerprint density at radius 2 is 1.41 bits per heavy atom. The molecule has 1 aliphatic carbocycles. The third kappa shape index (κ3) is 2.04. The average Bonchev–Trinajstić information content (AvgIpc) is 3.44. The number of hydrogen-bond acceptors (Lipinski definition) is 3. The van der Waals surface area contributed by atoms with Gasteiger partial charge in [-0.1, -0.05) is 54.6 Å². The van der Waals surface area contributed by atoms with E-state index in [1.54, 1.807) is 0 Å². The van der Waals surface area contributed by atoms with Crippen molar-refractivity contribution < 1.29 is 4.42 Å². The molecular formula is C25H16N2OS. The van der Waals surface area contributed by atoms with Crippen LogP contribution in [0.3, 0.4) is 0 Å². The molecule has 0 saturated carbocycles. The molecular weight excluding hydrogens is 376 g/mol. The van der Waals surface area contributed by atoms with E-state index in [0.29, 0.717) is 0 Å². The van der Waals surface area contributed by atoms with Crippen LogP contribution in [0.15, 0.2) is 77.2 Å². The maximum absolute atomic E-state index is 6.15. The highest BCUT2D eigenvalue weighted by molar-refractivity contribution is 7.14. The first kappa shape index (κ1) is 15.5. The second-order valence-corrected chi connectivity index (χ2v) is 8.60. The van der Waals surface area contributed by atoms with Crippen LogP contribution in [0.25, 0.3) is 49.2 Å². The largest absolute Gasteiger partial charge is 0.460 e. The molecule has 138 valence electrons. The topological polar surface area (TPSA) is 31.0 Å². The second-order valence-electron chi connectivity index (χ2n) is 7.53. The molecule has 0 spiro atoms. The van der Waals surface area contributed by atoms with Crippen molar-refractivity contribution in [3.8, 4) is 16.4 Å². The standard InChI is InChI=1S/C25H16N2OS/c1-4-10-18-15(7-1)16-8-2-5-11-19(16)27(18)25-26-24-22(29-25)14-13-21-23(24)17-9-3-6-12-20(17)28-21/h1-12H,13-14H2. The summed E-state index contributed by atoms with van der Waals surface area (Å²) in [6.45, 7) is 0. The number of hydrogen-bond donors (Lipinski definition) is 0. The van der Waals surface area contributed by atoms with E-state index >= 15 is 0 Å². The minimum absolute atomic E-state index is 0.936. The summed E-state index contributed by atoms with van der Waals surface area (Å²) in [5.41, 5.74) is 5.65. The predicted octanol–water partition coefficient (Wildman–Crippen LogP) is 6.75. The number of para-hydroxylation sites is 3. The van der Waals surface area contributed by atoms with Crippen molar-refractivity contribution in [3.63, 3.8) is 0 Å². The van der Waals surface area contributed by atoms with Gasteiger partial charge in [0.15, 0.2) is 5.13 Å². The molecule has 1 aliphatic rings. The number of rotatable bonds is 1. The fraction of sp³-hybridized carbons (Fsp3) is 0.0800. The van der Waals surface area contributed by atoms with E-state index in [0.717, 1.165) is 35.0 Å². The Hall–Kier alpha value is -3.37. The quantitative estimate of drug-likeness (QED) is 0.310. The van der Waals surface area contributed by atoms with Crippen LogP contribution in [0, 0.1) is 0 Å². The molecule has 0 unspecified atom stereocenters. The van der Waals surface area contributed by atoms with Crippen LogP contribution in [0.2, 0.25) is 0 Å². The van der Waals surface area contributed by atoms with Crippen LogP contribution >= 0.6 is 11.3 Å². The minimum Gasteiger partial charge on any atom is -0.460 e. The fourth-order valence-corrected chi connectivity index (χ4v) is 5.78. The van der Waals surface area contributed by atoms with Gasteiger partial charge in [0, 0.05) is 27.5 Å². The van der Waals surface area contributed by atoms with E-state index in [1.807, 2.05) is 23.5 Å². The summed E-state index contributed by atoms with van der Waals surface area (Å²) < 4.78 is 8.46. The molecule has 6 aromatic rings. The number of nitrogens with zero attached hydrogens (tertiary/aromatic N) is 2. The Labute approximate surface area is 170 Å². The smallest absolute Gasteiger partial charge is 0.195 e. The normalized spacial score (nSPS) is 13.2. The van der Waals surface area contributed by atoms with Crippen molar-refractivity contribution in [2.75, 3.05) is 0 Å². The molecule has 0 radical (unpaired) electrons. The SMILES string of the molecule is c1ccc2c3c(oc2c1)CCc1sc(-n2c4ccccc4c4ccccc42)nc1-3. The zero-order chi connectivity index (χ0) is 18.9. The lowest BCUT2D eigenvalue weighted by atomic mass is 9.98. The molecule has 0 saturated heterocycles. The van der Waals surface area contributed by atoms with Crippen LogP contribution in [-0.2, 0) is 12.8 Å². The predicted molar refractivity (Wildman–Crippen MR) is 119 cm³/mol. The number of furan rings is 1. The van der Waals surface area contributed by atoms with E-state index in [2.05, 4.69) is 65.2 Å². The lowest BCUT2D eigenvalue weighted by Gasteiger charge is -2.08. The summed E-state index contributed by atoms with van der Waals surface area (Å²) >= 11 is 1.81. The van der Waals surface area contributed by atoms with Crippen LogP contribution < -0.4 is 0 Å². The van der Waals surface area contributed by atoms with Gasteiger partial charge in [-0.2, -0.15) is 0 Å². The molecule has 0 bridgehead atoms. The maximum Gasteiger partial charge on any atom is 0.195 e. The zero-order valence-corrected chi connectivity index (χ0v) is 16.4. The molecule has 3 aromatic carbocycles. The van der Waals surface area contributed by atoms with Gasteiger partial charge in [-0.05, 0) is 24.6 Å². The fourth-order valence-electron chi connectivity index (χ4n) is 4.69. The molecule has 7 rings (SSSR count). The molecule has 0 fully saturated rings. The van der Waals surface area contributed by atoms with Gasteiger partial charge in [0.05, 0.1) is 22.3 Å². The van der Waals surface area contributed by atoms with Gasteiger partial charge in [0.2, 0.25) is 0 Å². The highest BCUT2D eigenvalue weighted by atomic mass is 32.1. The lowest BCUT2D eigenvalue weighted by Crippen LogP contribution is -1.99. The minimum atomic E-state index is 0.936. The molecule has 0 N–H and O–H groups in total. The summed E-state index contributed by atoms with van der Waals surface area (Å²) in [4.78, 5) is 6.53. The zero-order valence-electron chi connectivity index (χ0n) is 15.6. The van der Waals surface area contributed by atoms with Crippen molar-refractivity contribution in [2.24, 2.45) is 0 Å². The summed E-state index contributed by atoms with van der Waals surface area (Å²) in [5, 5.41) is 4.74. The van der Waals surface area contributed by atoms with E-state index in [4.69, 9.17) is 9.40 Å². The van der Waals surface area contributed by atoms with Gasteiger partial charge >= 0.3 is 0 Å². The molecule has 0 aliphatic heterocycles. The number of aryl methyl sites for hydroxylation is 2. The van der Waals surface area contributed by atoms with Gasteiger partial charge < -0.3 is 4.42 Å². The van der Waals surface area contributed by atoms with Crippen molar-refractivity contribution in [1.82, 2.24) is 9.55 Å². The van der Waals surface area contributed by atoms with Crippen molar-refractivity contribution in [2.45, 2.75) is 12.8 Å². The Bertz CT molecular complexity index is 1510. The van der Waals surface area contributed by atoms with Gasteiger partial charge in [0.25, 0.3) is 0 Å². The van der Waals surface area contributed by atoms with Crippen LogP contribution in [0.5, 0.6) is 0 Å². The molecule has 3 heterocycles. The van der Waals surface area contributed by atoms with E-state index in [9.17, 15) is 0 Å². The summed E-state index contributed by atoms with van der Waals surface area (Å²) in [5.74, 6) is 1.07. The molecule has 0 amide bonds. The highest BCUT2D eigenvalue weighted by Crippen LogP contribution is 2.44. The Morgan fingerprint density at radius 1 is 0.759 bits per heavy atom. The molecule has 3 nitrogen and oxygen atoms in total. The van der Waals surface area contributed by atoms with Crippen molar-refractivity contribution in [1.29, 1.82) is 0 Å². The number of aromatic nitrogens is 2. The monoisotopic (exact) mass is 392 g/mol. The van der Waals surface area contributed by atoms with Gasteiger partial charge in [-0.25, -0.2) is 4.98 Å². The van der Waals surface area contributed by atoms with E-state index < -0.39 is 0 Å². The van der Waals surface area contributed by atoms with E-state index in [1.165, 1.54) is 37.6 Å². The lowest BCUT2D eigenvalue weighted by molar-refractivity contribution is 0.546. The number of fused-ring (bicyclic) bond motifs is 8. The second kappa shape index (κ2) is 5.58. The third-order valence-electron chi connectivity index (χ3n) is 5.94. The van der Waals surface area contributed by atoms with Gasteiger partial charge in [-0.3, -0.25) is 4.57 Å². The van der Waals surface area contributed by atoms with Crippen LogP contribution in [-0.4, -0.2) is 9.55 Å². The van der Waals surface area contributed by atoms with E-state index in [-0.39, 0.29) is 0 Å². The first-order chi connectivity index (χ1) is 14.4. The van der Waals surface area contributed by atoms with Gasteiger partial charge in [-0.15, -0.1) is 11.3 Å². The van der Waals surface area contributed by atoms with Gasteiger partial charge in [0.1, 0.15) is 11.3 Å². The molecule has 0 atom stereocenters. The van der Waals surface area contributed by atoms with Crippen LogP contribution in [0.4, 0.5) is 0 Å². The van der Waals surface area contributed by atoms with Crippen molar-refractivity contribution >= 4 is 44.1 Å². The summed E-state index contributed by atoms with van der Waals surface area (Å²) in [7, 11) is 0. The third-order valence-corrected chi connectivity index (χ3v) is 7.04. The Kier molecular flexibility index (Phi) is 2.99. The summed E-state index contributed by atoms with van der Waals surface area (Å²) in [6.07, 6.45) is 1.92. The molecule has 4 heteroatoms. The first-order valence-corrected chi connectivity index (χ1v) is 10.7. The summed E-state index contributed by atoms with van der Waals surface area (Å²) in [6, 6.07) is 25.5. The molecule has 3 aromatic heterocycles. The van der Waals surface area contributed by atoms with Crippen LogP contribution in [0.1, 0.15) is 10.6 Å².